The van der Waals surface area contributed by atoms with E-state index in [9.17, 15) is 13.2 Å². The van der Waals surface area contributed by atoms with E-state index in [1.807, 2.05) is 25.1 Å². The summed E-state index contributed by atoms with van der Waals surface area (Å²) in [6, 6.07) is 13.8. The molecule has 1 amide bonds. The van der Waals surface area contributed by atoms with Gasteiger partial charge in [0.25, 0.3) is 10.0 Å². The lowest BCUT2D eigenvalue weighted by molar-refractivity contribution is -0.119. The zero-order valence-electron chi connectivity index (χ0n) is 14.2. The number of carbonyl (C=O) groups excluding carboxylic acids is 1. The summed E-state index contributed by atoms with van der Waals surface area (Å²) in [5, 5.41) is 0. The third kappa shape index (κ3) is 4.02. The van der Waals surface area contributed by atoms with Gasteiger partial charge in [-0.25, -0.2) is 8.42 Å². The molecule has 1 aliphatic heterocycles. The molecule has 0 saturated carbocycles. The normalized spacial score (nSPS) is 15.2. The molecule has 5 nitrogen and oxygen atoms in total. The van der Waals surface area contributed by atoms with Crippen LogP contribution in [0.2, 0.25) is 0 Å². The molecule has 0 atom stereocenters. The van der Waals surface area contributed by atoms with Crippen LogP contribution in [0.25, 0.3) is 0 Å². The number of hydrogen-bond acceptors (Lipinski definition) is 3. The van der Waals surface area contributed by atoms with E-state index < -0.39 is 10.0 Å². The van der Waals surface area contributed by atoms with Crippen LogP contribution in [-0.4, -0.2) is 20.9 Å². The Hall–Kier alpha value is -2.34. The highest BCUT2D eigenvalue weighted by Crippen LogP contribution is 2.25. The van der Waals surface area contributed by atoms with Crippen LogP contribution in [0.1, 0.15) is 31.7 Å². The second-order valence-corrected chi connectivity index (χ2v) is 7.84. The molecule has 0 spiro atoms. The summed E-state index contributed by atoms with van der Waals surface area (Å²) in [6.45, 7) is 2.70. The van der Waals surface area contributed by atoms with Crippen molar-refractivity contribution < 1.29 is 13.2 Å². The van der Waals surface area contributed by atoms with Gasteiger partial charge in [0.1, 0.15) is 0 Å². The minimum atomic E-state index is -3.65. The van der Waals surface area contributed by atoms with Crippen LogP contribution in [0.5, 0.6) is 0 Å². The minimum absolute atomic E-state index is 0.0846. The molecule has 1 fully saturated rings. The molecule has 0 aromatic heterocycles. The lowest BCUT2D eigenvalue weighted by Crippen LogP contribution is -2.35. The molecule has 25 heavy (non-hydrogen) atoms. The van der Waals surface area contributed by atoms with Gasteiger partial charge in [0, 0.05) is 18.7 Å². The number of rotatable bonds is 5. The van der Waals surface area contributed by atoms with Crippen LogP contribution in [0.15, 0.2) is 53.4 Å². The average Bonchev–Trinajstić information content (AvgIpc) is 2.62. The number of nitrogens with zero attached hydrogens (tertiary/aromatic N) is 1. The Morgan fingerprint density at radius 2 is 1.84 bits per heavy atom. The number of aryl methyl sites for hydroxylation is 1. The summed E-state index contributed by atoms with van der Waals surface area (Å²) in [6.07, 6.45) is 3.28. The first-order valence-electron chi connectivity index (χ1n) is 8.52. The molecule has 0 aliphatic carbocycles. The van der Waals surface area contributed by atoms with Gasteiger partial charge in [-0.1, -0.05) is 25.1 Å². The Morgan fingerprint density at radius 3 is 2.52 bits per heavy atom. The molecule has 2 aromatic rings. The second kappa shape index (κ2) is 7.27. The molecule has 3 rings (SSSR count). The third-order valence-corrected chi connectivity index (χ3v) is 5.77. The summed E-state index contributed by atoms with van der Waals surface area (Å²) in [7, 11) is -3.65. The summed E-state index contributed by atoms with van der Waals surface area (Å²) in [5.41, 5.74) is 2.27. The Balaban J connectivity index is 1.82. The summed E-state index contributed by atoms with van der Waals surface area (Å²) >= 11 is 0. The molecule has 0 radical (unpaired) electrons. The molecule has 2 aromatic carbocycles. The Morgan fingerprint density at radius 1 is 1.08 bits per heavy atom. The summed E-state index contributed by atoms with van der Waals surface area (Å²) in [5.74, 6) is 0.0846. The highest BCUT2D eigenvalue weighted by atomic mass is 32.2. The van der Waals surface area contributed by atoms with Crippen LogP contribution < -0.4 is 9.62 Å². The fraction of sp³-hybridized carbons (Fsp3) is 0.316. The molecule has 0 bridgehead atoms. The number of anilines is 2. The molecular formula is C19H22N2O3S. The Kier molecular flexibility index (Phi) is 5.08. The van der Waals surface area contributed by atoms with E-state index >= 15 is 0 Å². The van der Waals surface area contributed by atoms with Gasteiger partial charge < -0.3 is 4.90 Å². The quantitative estimate of drug-likeness (QED) is 0.888. The first kappa shape index (κ1) is 17.5. The molecule has 1 N–H and O–H groups in total. The molecule has 1 saturated heterocycles. The first-order chi connectivity index (χ1) is 12.0. The summed E-state index contributed by atoms with van der Waals surface area (Å²) < 4.78 is 27.7. The van der Waals surface area contributed by atoms with Gasteiger partial charge >= 0.3 is 0 Å². The van der Waals surface area contributed by atoms with Gasteiger partial charge in [0.05, 0.1) is 10.6 Å². The number of amides is 1. The highest BCUT2D eigenvalue weighted by molar-refractivity contribution is 7.92. The zero-order valence-corrected chi connectivity index (χ0v) is 15.1. The maximum Gasteiger partial charge on any atom is 0.261 e. The number of nitrogens with one attached hydrogen (secondary N) is 1. The standard InChI is InChI=1S/C19H22N2O3S/c1-2-15-9-11-18(12-10-15)25(23,24)20-16-6-5-7-17(14-16)21-13-4-3-8-19(21)22/h5-7,9-12,14,20H,2-4,8,13H2,1H3. The molecule has 6 heteroatoms. The van der Waals surface area contributed by atoms with E-state index in [0.717, 1.165) is 30.5 Å². The topological polar surface area (TPSA) is 66.5 Å². The predicted octanol–water partition coefficient (Wildman–Crippen LogP) is 3.57. The van der Waals surface area contributed by atoms with Crippen LogP contribution in [0.4, 0.5) is 11.4 Å². The minimum Gasteiger partial charge on any atom is -0.312 e. The smallest absolute Gasteiger partial charge is 0.261 e. The molecular weight excluding hydrogens is 336 g/mol. The van der Waals surface area contributed by atoms with Gasteiger partial charge in [-0.15, -0.1) is 0 Å². The lowest BCUT2D eigenvalue weighted by Gasteiger charge is -2.27. The summed E-state index contributed by atoms with van der Waals surface area (Å²) in [4.78, 5) is 14.0. The van der Waals surface area contributed by atoms with E-state index in [4.69, 9.17) is 0 Å². The average molecular weight is 358 g/mol. The van der Waals surface area contributed by atoms with Gasteiger partial charge in [0.2, 0.25) is 5.91 Å². The number of piperidine rings is 1. The molecule has 1 aliphatic rings. The van der Waals surface area contributed by atoms with E-state index in [-0.39, 0.29) is 10.8 Å². The zero-order chi connectivity index (χ0) is 17.9. The van der Waals surface area contributed by atoms with E-state index in [1.165, 1.54) is 0 Å². The van der Waals surface area contributed by atoms with Crippen molar-refractivity contribution in [3.8, 4) is 0 Å². The molecule has 0 unspecified atom stereocenters. The van der Waals surface area contributed by atoms with Crippen molar-refractivity contribution in [3.05, 3.63) is 54.1 Å². The number of sulfonamides is 1. The van der Waals surface area contributed by atoms with Gasteiger partial charge in [-0.2, -0.15) is 0 Å². The number of benzene rings is 2. The fourth-order valence-electron chi connectivity index (χ4n) is 2.93. The van der Waals surface area contributed by atoms with Crippen LogP contribution >= 0.6 is 0 Å². The maximum atomic E-state index is 12.6. The van der Waals surface area contributed by atoms with Gasteiger partial charge in [0.15, 0.2) is 0 Å². The van der Waals surface area contributed by atoms with Crippen LogP contribution in [0.3, 0.4) is 0 Å². The highest BCUT2D eigenvalue weighted by Gasteiger charge is 2.20. The van der Waals surface area contributed by atoms with Gasteiger partial charge in [-0.05, 0) is 55.2 Å². The monoisotopic (exact) mass is 358 g/mol. The Labute approximate surface area is 148 Å². The lowest BCUT2D eigenvalue weighted by atomic mass is 10.1. The van der Waals surface area contributed by atoms with Crippen molar-refractivity contribution in [3.63, 3.8) is 0 Å². The maximum absolute atomic E-state index is 12.6. The number of hydrogen-bond donors (Lipinski definition) is 1. The van der Waals surface area contributed by atoms with Crippen molar-refractivity contribution in [2.45, 2.75) is 37.5 Å². The van der Waals surface area contributed by atoms with Crippen LogP contribution in [-0.2, 0) is 21.2 Å². The third-order valence-electron chi connectivity index (χ3n) is 4.38. The van der Waals surface area contributed by atoms with Crippen molar-refractivity contribution in [2.75, 3.05) is 16.2 Å². The van der Waals surface area contributed by atoms with Crippen molar-refractivity contribution in [2.24, 2.45) is 0 Å². The van der Waals surface area contributed by atoms with Crippen molar-refractivity contribution >= 4 is 27.3 Å². The first-order valence-corrected chi connectivity index (χ1v) is 10.00. The largest absolute Gasteiger partial charge is 0.312 e. The second-order valence-electron chi connectivity index (χ2n) is 6.16. The Bertz CT molecular complexity index is 860. The fourth-order valence-corrected chi connectivity index (χ4v) is 3.98. The number of carbonyl (C=O) groups is 1. The molecule has 1 heterocycles. The van der Waals surface area contributed by atoms with E-state index in [1.54, 1.807) is 35.2 Å². The predicted molar refractivity (Wildman–Crippen MR) is 99.3 cm³/mol. The van der Waals surface area contributed by atoms with Crippen LogP contribution in [0, 0.1) is 0 Å². The van der Waals surface area contributed by atoms with Crippen molar-refractivity contribution in [1.29, 1.82) is 0 Å². The SMILES string of the molecule is CCc1ccc(S(=O)(=O)Nc2cccc(N3CCCCC3=O)c2)cc1. The van der Waals surface area contributed by atoms with Gasteiger partial charge in [-0.3, -0.25) is 9.52 Å². The van der Waals surface area contributed by atoms with E-state index in [0.29, 0.717) is 18.7 Å². The van der Waals surface area contributed by atoms with E-state index in [2.05, 4.69) is 4.72 Å². The molecule has 132 valence electrons. The van der Waals surface area contributed by atoms with Crippen molar-refractivity contribution in [1.82, 2.24) is 0 Å².